The van der Waals surface area contributed by atoms with Crippen molar-refractivity contribution in [2.75, 3.05) is 7.11 Å². The van der Waals surface area contributed by atoms with E-state index >= 15 is 0 Å². The summed E-state index contributed by atoms with van der Waals surface area (Å²) >= 11 is 0. The van der Waals surface area contributed by atoms with Gasteiger partial charge < -0.3 is 4.74 Å². The van der Waals surface area contributed by atoms with Crippen molar-refractivity contribution < 1.29 is 9.53 Å². The Labute approximate surface area is 134 Å². The molecule has 0 aromatic heterocycles. The highest BCUT2D eigenvalue weighted by molar-refractivity contribution is 6.91. The van der Waals surface area contributed by atoms with Crippen LogP contribution in [0, 0.1) is 5.92 Å². The molecular formula is C19H24O2Si. The summed E-state index contributed by atoms with van der Waals surface area (Å²) in [6.07, 6.45) is 0. The Kier molecular flexibility index (Phi) is 5.19. The highest BCUT2D eigenvalue weighted by Gasteiger charge is 2.41. The molecule has 0 radical (unpaired) electrons. The summed E-state index contributed by atoms with van der Waals surface area (Å²) in [6, 6.07) is 20.9. The molecule has 2 nitrogen and oxygen atoms in total. The number of carbonyl (C=O) groups is 1. The van der Waals surface area contributed by atoms with Crippen LogP contribution in [0.4, 0.5) is 0 Å². The smallest absolute Gasteiger partial charge is 0.308 e. The van der Waals surface area contributed by atoms with E-state index in [4.69, 9.17) is 4.74 Å². The lowest BCUT2D eigenvalue weighted by molar-refractivity contribution is -0.145. The fourth-order valence-corrected chi connectivity index (χ4v) is 7.18. The lowest BCUT2D eigenvalue weighted by atomic mass is 10.0. The fourth-order valence-electron chi connectivity index (χ4n) is 3.36. The molecule has 3 heteroatoms. The van der Waals surface area contributed by atoms with Crippen LogP contribution in [0.5, 0.6) is 0 Å². The largest absolute Gasteiger partial charge is 0.469 e. The topological polar surface area (TPSA) is 26.3 Å². The Morgan fingerprint density at radius 3 is 1.95 bits per heavy atom. The summed E-state index contributed by atoms with van der Waals surface area (Å²) in [5.41, 5.74) is 1.41. The standard InChI is InChI=1S/C19H24O2Si/c1-15(19(20)21-2)18(16-11-7-5-8-12-16)22(3,4)17-13-9-6-10-14-17/h5-15,18H,1-4H3/t15-,18-/m1/s1. The zero-order chi connectivity index (χ0) is 16.2. The fraction of sp³-hybridized carbons (Fsp3) is 0.316. The van der Waals surface area contributed by atoms with Gasteiger partial charge in [-0.25, -0.2) is 0 Å². The maximum absolute atomic E-state index is 12.2. The molecule has 2 aromatic carbocycles. The lowest BCUT2D eigenvalue weighted by Crippen LogP contribution is -2.51. The van der Waals surface area contributed by atoms with E-state index in [2.05, 4.69) is 49.5 Å². The molecule has 0 N–H and O–H groups in total. The third kappa shape index (κ3) is 3.30. The first-order chi connectivity index (χ1) is 10.5. The molecule has 0 saturated carbocycles. The van der Waals surface area contributed by atoms with Gasteiger partial charge in [0.2, 0.25) is 0 Å². The summed E-state index contributed by atoms with van der Waals surface area (Å²) in [5.74, 6) is -0.292. The van der Waals surface area contributed by atoms with E-state index in [-0.39, 0.29) is 17.4 Å². The third-order valence-electron chi connectivity index (χ3n) is 4.53. The molecule has 0 aliphatic rings. The van der Waals surface area contributed by atoms with Gasteiger partial charge in [0.15, 0.2) is 0 Å². The minimum atomic E-state index is -1.89. The van der Waals surface area contributed by atoms with Gasteiger partial charge in [0.25, 0.3) is 0 Å². The predicted octanol–water partition coefficient (Wildman–Crippen LogP) is 3.73. The number of hydrogen-bond donors (Lipinski definition) is 0. The maximum atomic E-state index is 12.2. The first-order valence-corrected chi connectivity index (χ1v) is 10.7. The second kappa shape index (κ2) is 6.92. The van der Waals surface area contributed by atoms with Crippen LogP contribution in [0.3, 0.4) is 0 Å². The molecule has 0 fully saturated rings. The Morgan fingerprint density at radius 2 is 1.45 bits per heavy atom. The first kappa shape index (κ1) is 16.5. The Bertz CT molecular complexity index is 608. The molecule has 0 aliphatic carbocycles. The van der Waals surface area contributed by atoms with E-state index in [0.717, 1.165) is 0 Å². The molecule has 0 bridgehead atoms. The van der Waals surface area contributed by atoms with Crippen molar-refractivity contribution >= 4 is 19.2 Å². The van der Waals surface area contributed by atoms with Crippen molar-refractivity contribution in [2.45, 2.75) is 25.6 Å². The summed E-state index contributed by atoms with van der Waals surface area (Å²) in [6.45, 7) is 6.65. The lowest BCUT2D eigenvalue weighted by Gasteiger charge is -2.36. The molecular weight excluding hydrogens is 288 g/mol. The van der Waals surface area contributed by atoms with Gasteiger partial charge in [0.1, 0.15) is 0 Å². The molecule has 0 unspecified atom stereocenters. The number of hydrogen-bond acceptors (Lipinski definition) is 2. The van der Waals surface area contributed by atoms with E-state index in [1.54, 1.807) is 0 Å². The minimum Gasteiger partial charge on any atom is -0.469 e. The normalized spacial score (nSPS) is 14.2. The van der Waals surface area contributed by atoms with E-state index in [1.807, 2.05) is 31.2 Å². The molecule has 0 saturated heterocycles. The summed E-state index contributed by atoms with van der Waals surface area (Å²) in [7, 11) is -0.422. The zero-order valence-corrected chi connectivity index (χ0v) is 14.7. The summed E-state index contributed by atoms with van der Waals surface area (Å²) in [5, 5.41) is 1.36. The number of ether oxygens (including phenoxy) is 1. The van der Waals surface area contributed by atoms with Gasteiger partial charge in [-0.15, -0.1) is 0 Å². The molecule has 2 aromatic rings. The van der Waals surface area contributed by atoms with Crippen molar-refractivity contribution in [1.82, 2.24) is 0 Å². The monoisotopic (exact) mass is 312 g/mol. The van der Waals surface area contributed by atoms with E-state index < -0.39 is 8.07 Å². The SMILES string of the molecule is COC(=O)[C@H](C)[C@H](c1ccccc1)[Si](C)(C)c1ccccc1. The number of rotatable bonds is 5. The van der Waals surface area contributed by atoms with Gasteiger partial charge in [0, 0.05) is 0 Å². The van der Waals surface area contributed by atoms with Crippen molar-refractivity contribution in [2.24, 2.45) is 5.92 Å². The highest BCUT2D eigenvalue weighted by Crippen LogP contribution is 2.34. The van der Waals surface area contributed by atoms with Crippen molar-refractivity contribution in [3.8, 4) is 0 Å². The van der Waals surface area contributed by atoms with Crippen LogP contribution in [-0.2, 0) is 9.53 Å². The average molecular weight is 312 g/mol. The molecule has 22 heavy (non-hydrogen) atoms. The van der Waals surface area contributed by atoms with Crippen LogP contribution in [0.1, 0.15) is 18.0 Å². The summed E-state index contributed by atoms with van der Waals surface area (Å²) in [4.78, 5) is 12.2. The van der Waals surface area contributed by atoms with Gasteiger partial charge in [-0.05, 0) is 11.1 Å². The predicted molar refractivity (Wildman–Crippen MR) is 93.9 cm³/mol. The minimum absolute atomic E-state index is 0.134. The quantitative estimate of drug-likeness (QED) is 0.621. The van der Waals surface area contributed by atoms with Crippen LogP contribution in [-0.4, -0.2) is 21.2 Å². The van der Waals surface area contributed by atoms with Crippen LogP contribution in [0.15, 0.2) is 60.7 Å². The van der Waals surface area contributed by atoms with E-state index in [1.165, 1.54) is 17.9 Å². The molecule has 0 aliphatic heterocycles. The first-order valence-electron chi connectivity index (χ1n) is 7.66. The summed E-state index contributed by atoms with van der Waals surface area (Å²) < 4.78 is 5.03. The third-order valence-corrected chi connectivity index (χ3v) is 8.74. The van der Waals surface area contributed by atoms with Gasteiger partial charge in [-0.2, -0.15) is 0 Å². The number of carbonyl (C=O) groups excluding carboxylic acids is 1. The Morgan fingerprint density at radius 1 is 0.955 bits per heavy atom. The van der Waals surface area contributed by atoms with Gasteiger partial charge in [0.05, 0.1) is 21.1 Å². The molecule has 0 spiro atoms. The van der Waals surface area contributed by atoms with Crippen LogP contribution >= 0.6 is 0 Å². The van der Waals surface area contributed by atoms with Crippen molar-refractivity contribution in [3.63, 3.8) is 0 Å². The van der Waals surface area contributed by atoms with Gasteiger partial charge in [-0.1, -0.05) is 85.9 Å². The highest BCUT2D eigenvalue weighted by atomic mass is 28.3. The zero-order valence-electron chi connectivity index (χ0n) is 13.7. The number of benzene rings is 2. The maximum Gasteiger partial charge on any atom is 0.308 e. The van der Waals surface area contributed by atoms with E-state index in [0.29, 0.717) is 0 Å². The van der Waals surface area contributed by atoms with Gasteiger partial charge >= 0.3 is 5.97 Å². The van der Waals surface area contributed by atoms with Crippen LogP contribution < -0.4 is 5.19 Å². The second-order valence-electron chi connectivity index (χ2n) is 6.29. The molecule has 116 valence electrons. The Hall–Kier alpha value is -1.87. The van der Waals surface area contributed by atoms with Crippen LogP contribution in [0.25, 0.3) is 0 Å². The molecule has 2 atom stereocenters. The molecule has 0 heterocycles. The Balaban J connectivity index is 2.51. The van der Waals surface area contributed by atoms with Crippen LogP contribution in [0.2, 0.25) is 13.1 Å². The second-order valence-corrected chi connectivity index (χ2v) is 10.9. The average Bonchev–Trinajstić information content (AvgIpc) is 2.55. The van der Waals surface area contributed by atoms with Crippen molar-refractivity contribution in [3.05, 3.63) is 66.2 Å². The van der Waals surface area contributed by atoms with E-state index in [9.17, 15) is 4.79 Å². The number of methoxy groups -OCH3 is 1. The molecule has 0 amide bonds. The molecule has 2 rings (SSSR count). The van der Waals surface area contributed by atoms with Gasteiger partial charge in [-0.3, -0.25) is 4.79 Å². The number of esters is 1. The van der Waals surface area contributed by atoms with Crippen molar-refractivity contribution in [1.29, 1.82) is 0 Å².